The number of ether oxygens (including phenoxy) is 3. The molecule has 2 aliphatic heterocycles. The highest BCUT2D eigenvalue weighted by molar-refractivity contribution is 5.78. The van der Waals surface area contributed by atoms with Crippen LogP contribution in [0.15, 0.2) is 29.1 Å². The first-order valence-electron chi connectivity index (χ1n) is 10.3. The van der Waals surface area contributed by atoms with Crippen molar-refractivity contribution in [3.63, 3.8) is 0 Å². The van der Waals surface area contributed by atoms with E-state index in [9.17, 15) is 9.59 Å². The minimum Gasteiger partial charge on any atom is -0.493 e. The second-order valence-corrected chi connectivity index (χ2v) is 7.65. The molecule has 30 heavy (non-hydrogen) atoms. The third-order valence-electron chi connectivity index (χ3n) is 5.83. The van der Waals surface area contributed by atoms with Crippen LogP contribution in [0.25, 0.3) is 0 Å². The van der Waals surface area contributed by atoms with Crippen LogP contribution in [0.5, 0.6) is 17.2 Å². The maximum absolute atomic E-state index is 12.9. The summed E-state index contributed by atoms with van der Waals surface area (Å²) >= 11 is 0. The molecule has 0 bridgehead atoms. The van der Waals surface area contributed by atoms with Crippen LogP contribution in [0.4, 0.5) is 0 Å². The van der Waals surface area contributed by atoms with Gasteiger partial charge in [-0.05, 0) is 31.4 Å². The number of benzene rings is 1. The summed E-state index contributed by atoms with van der Waals surface area (Å²) in [4.78, 5) is 30.9. The molecule has 1 unspecified atom stereocenters. The summed E-state index contributed by atoms with van der Waals surface area (Å²) in [7, 11) is 3.10. The first kappa shape index (κ1) is 20.3. The van der Waals surface area contributed by atoms with Gasteiger partial charge in [-0.3, -0.25) is 9.59 Å². The lowest BCUT2D eigenvalue weighted by molar-refractivity contribution is -0.134. The van der Waals surface area contributed by atoms with Crippen molar-refractivity contribution in [2.45, 2.75) is 38.1 Å². The molecule has 0 radical (unpaired) electrons. The zero-order valence-electron chi connectivity index (χ0n) is 17.4. The van der Waals surface area contributed by atoms with Crippen molar-refractivity contribution in [3.8, 4) is 17.2 Å². The number of aromatic nitrogens is 2. The van der Waals surface area contributed by atoms with E-state index in [0.29, 0.717) is 30.3 Å². The maximum Gasteiger partial charge on any atom is 0.273 e. The van der Waals surface area contributed by atoms with E-state index in [1.54, 1.807) is 38.5 Å². The van der Waals surface area contributed by atoms with E-state index in [0.717, 1.165) is 43.7 Å². The van der Waals surface area contributed by atoms with Gasteiger partial charge in [-0.2, -0.15) is 4.98 Å². The van der Waals surface area contributed by atoms with Crippen LogP contribution < -0.4 is 19.8 Å². The van der Waals surface area contributed by atoms with E-state index in [1.165, 1.54) is 0 Å². The Morgan fingerprint density at radius 2 is 1.93 bits per heavy atom. The predicted molar refractivity (Wildman–Crippen MR) is 110 cm³/mol. The van der Waals surface area contributed by atoms with Gasteiger partial charge in [0, 0.05) is 43.7 Å². The fourth-order valence-corrected chi connectivity index (χ4v) is 4.39. The highest BCUT2D eigenvalue weighted by Crippen LogP contribution is 2.37. The van der Waals surface area contributed by atoms with Crippen LogP contribution in [0, 0.1) is 0 Å². The van der Waals surface area contributed by atoms with E-state index in [4.69, 9.17) is 14.2 Å². The number of carbonyl (C=O) groups is 1. The molecule has 4 rings (SSSR count). The van der Waals surface area contributed by atoms with Crippen molar-refractivity contribution in [1.29, 1.82) is 0 Å². The number of amides is 1. The van der Waals surface area contributed by atoms with Crippen molar-refractivity contribution >= 4 is 5.91 Å². The second kappa shape index (κ2) is 8.77. The number of hydrogen-bond acceptors (Lipinski definition) is 6. The van der Waals surface area contributed by atoms with E-state index < -0.39 is 0 Å². The summed E-state index contributed by atoms with van der Waals surface area (Å²) in [5.41, 5.74) is 0.820. The van der Waals surface area contributed by atoms with Gasteiger partial charge in [0.2, 0.25) is 5.75 Å². The van der Waals surface area contributed by atoms with E-state index in [1.807, 2.05) is 4.90 Å². The quantitative estimate of drug-likeness (QED) is 0.720. The number of rotatable bonds is 6. The maximum atomic E-state index is 12.9. The number of carbonyl (C=O) groups excluding carboxylic acids is 1. The Kier molecular flexibility index (Phi) is 5.92. The smallest absolute Gasteiger partial charge is 0.273 e. The Balaban J connectivity index is 1.46. The molecule has 0 aliphatic carbocycles. The second-order valence-electron chi connectivity index (χ2n) is 7.65. The standard InChI is InChI=1S/C22H27N3O5/c1-28-17-7-3-8-18(29-2)22(17)30-14-21(27)24-10-4-6-15(13-24)16-12-20(26)23-19-9-5-11-25(16)19/h3,7-8,12,15H,4-6,9-11,13-14H2,1-2H3. The Labute approximate surface area is 175 Å². The number of hydrogen-bond donors (Lipinski definition) is 0. The average molecular weight is 413 g/mol. The summed E-state index contributed by atoms with van der Waals surface area (Å²) in [6.07, 6.45) is 3.69. The molecule has 0 N–H and O–H groups in total. The number of methoxy groups -OCH3 is 2. The molecule has 1 saturated heterocycles. The Morgan fingerprint density at radius 3 is 2.67 bits per heavy atom. The molecule has 2 aromatic rings. The third-order valence-corrected chi connectivity index (χ3v) is 5.83. The first-order chi connectivity index (χ1) is 14.6. The lowest BCUT2D eigenvalue weighted by Crippen LogP contribution is -2.42. The Bertz CT molecular complexity index is 965. The van der Waals surface area contributed by atoms with Crippen molar-refractivity contribution in [1.82, 2.24) is 14.5 Å². The molecule has 3 heterocycles. The Hall–Kier alpha value is -3.03. The molecule has 0 spiro atoms. The van der Waals surface area contributed by atoms with Gasteiger partial charge in [0.25, 0.3) is 11.5 Å². The van der Waals surface area contributed by atoms with Crippen molar-refractivity contribution in [2.75, 3.05) is 33.9 Å². The van der Waals surface area contributed by atoms with Crippen molar-refractivity contribution in [2.24, 2.45) is 0 Å². The summed E-state index contributed by atoms with van der Waals surface area (Å²) in [6.45, 7) is 2.05. The van der Waals surface area contributed by atoms with Gasteiger partial charge in [-0.15, -0.1) is 0 Å². The zero-order valence-corrected chi connectivity index (χ0v) is 17.4. The molecule has 1 fully saturated rings. The predicted octanol–water partition coefficient (Wildman–Crippen LogP) is 1.99. The normalized spacial score (nSPS) is 18.1. The van der Waals surface area contributed by atoms with Crippen LogP contribution in [0.2, 0.25) is 0 Å². The molecule has 0 saturated carbocycles. The molecule has 160 valence electrons. The van der Waals surface area contributed by atoms with Crippen molar-refractivity contribution in [3.05, 3.63) is 46.1 Å². The lowest BCUT2D eigenvalue weighted by atomic mass is 9.94. The molecule has 1 aromatic carbocycles. The van der Waals surface area contributed by atoms with E-state index in [2.05, 4.69) is 9.55 Å². The van der Waals surface area contributed by atoms with Crippen LogP contribution >= 0.6 is 0 Å². The highest BCUT2D eigenvalue weighted by Gasteiger charge is 2.29. The monoisotopic (exact) mass is 413 g/mol. The average Bonchev–Trinajstić information content (AvgIpc) is 3.25. The molecule has 1 aromatic heterocycles. The van der Waals surface area contributed by atoms with Crippen LogP contribution in [0.1, 0.15) is 36.7 Å². The van der Waals surface area contributed by atoms with Gasteiger partial charge >= 0.3 is 0 Å². The van der Waals surface area contributed by atoms with Gasteiger partial charge in [0.1, 0.15) is 5.82 Å². The number of para-hydroxylation sites is 1. The molecule has 8 heteroatoms. The summed E-state index contributed by atoms with van der Waals surface area (Å²) in [5.74, 6) is 2.37. The van der Waals surface area contributed by atoms with Gasteiger partial charge in [0.05, 0.1) is 14.2 Å². The molecule has 8 nitrogen and oxygen atoms in total. The summed E-state index contributed by atoms with van der Waals surface area (Å²) in [6, 6.07) is 6.97. The summed E-state index contributed by atoms with van der Waals surface area (Å²) in [5, 5.41) is 0. The first-order valence-corrected chi connectivity index (χ1v) is 10.3. The lowest BCUT2D eigenvalue weighted by Gasteiger charge is -2.34. The van der Waals surface area contributed by atoms with Gasteiger partial charge in [-0.25, -0.2) is 0 Å². The largest absolute Gasteiger partial charge is 0.493 e. The molecule has 1 atom stereocenters. The minimum atomic E-state index is -0.187. The molecular formula is C22H27N3O5. The number of nitrogens with zero attached hydrogens (tertiary/aromatic N) is 3. The zero-order chi connectivity index (χ0) is 21.1. The third kappa shape index (κ3) is 3.99. The topological polar surface area (TPSA) is 82.9 Å². The van der Waals surface area contributed by atoms with Crippen molar-refractivity contribution < 1.29 is 19.0 Å². The van der Waals surface area contributed by atoms with Gasteiger partial charge in [-0.1, -0.05) is 6.07 Å². The number of likely N-dealkylation sites (tertiary alicyclic amines) is 1. The number of fused-ring (bicyclic) bond motifs is 1. The van der Waals surface area contributed by atoms with Crippen LogP contribution in [0.3, 0.4) is 0 Å². The summed E-state index contributed by atoms with van der Waals surface area (Å²) < 4.78 is 18.6. The number of piperidine rings is 1. The molecule has 1 amide bonds. The van der Waals surface area contributed by atoms with Crippen LogP contribution in [-0.2, 0) is 17.8 Å². The molecule has 2 aliphatic rings. The fraction of sp³-hybridized carbons (Fsp3) is 0.500. The minimum absolute atomic E-state index is 0.0919. The SMILES string of the molecule is COc1cccc(OC)c1OCC(=O)N1CCCC(c2cc(=O)nc3n2CCC3)C1. The van der Waals surface area contributed by atoms with E-state index in [-0.39, 0.29) is 24.0 Å². The highest BCUT2D eigenvalue weighted by atomic mass is 16.5. The number of aryl methyl sites for hydroxylation is 1. The van der Waals surface area contributed by atoms with Gasteiger partial charge in [0.15, 0.2) is 18.1 Å². The van der Waals surface area contributed by atoms with E-state index >= 15 is 0 Å². The fourth-order valence-electron chi connectivity index (χ4n) is 4.39. The van der Waals surface area contributed by atoms with Gasteiger partial charge < -0.3 is 23.7 Å². The molecular weight excluding hydrogens is 386 g/mol. The Morgan fingerprint density at radius 1 is 1.17 bits per heavy atom. The van der Waals surface area contributed by atoms with Crippen LogP contribution in [-0.4, -0.2) is 54.3 Å².